The first kappa shape index (κ1) is 10.1. The third kappa shape index (κ3) is 2.35. The minimum atomic E-state index is -0.923. The number of carbonyl (C=O) groups is 1. The minimum Gasteiger partial charge on any atom is -0.349 e. The lowest BCUT2D eigenvalue weighted by molar-refractivity contribution is -0.123. The number of benzene rings is 1. The molecule has 0 radical (unpaired) electrons. The van der Waals surface area contributed by atoms with Gasteiger partial charge in [-0.3, -0.25) is 4.79 Å². The summed E-state index contributed by atoms with van der Waals surface area (Å²) >= 11 is 0. The van der Waals surface area contributed by atoms with E-state index < -0.39 is 12.1 Å². The Labute approximate surface area is 88.5 Å². The second-order valence-corrected chi connectivity index (χ2v) is 4.00. The molecule has 1 fully saturated rings. The molecule has 0 heterocycles. The third-order valence-electron chi connectivity index (χ3n) is 2.71. The minimum absolute atomic E-state index is 0.0495. The van der Waals surface area contributed by atoms with Crippen LogP contribution in [0, 0.1) is 5.92 Å². The lowest BCUT2D eigenvalue weighted by atomic mass is 10.1. The quantitative estimate of drug-likeness (QED) is 0.809. The van der Waals surface area contributed by atoms with Gasteiger partial charge in [0.1, 0.15) is 6.17 Å². The number of amides is 1. The molecule has 15 heavy (non-hydrogen) atoms. The fourth-order valence-electron chi connectivity index (χ4n) is 1.58. The molecule has 2 rings (SSSR count). The number of carbonyl (C=O) groups excluding carboxylic acids is 1. The van der Waals surface area contributed by atoms with Gasteiger partial charge in [0.15, 0.2) is 0 Å². The van der Waals surface area contributed by atoms with Gasteiger partial charge in [0.2, 0.25) is 5.91 Å². The summed E-state index contributed by atoms with van der Waals surface area (Å²) in [5, 5.41) is 2.81. The SMILES string of the molecule is C[C@@H](NC(=O)C1CC1F)c1ccccc1. The average molecular weight is 207 g/mol. The molecule has 0 aromatic heterocycles. The van der Waals surface area contributed by atoms with Crippen molar-refractivity contribution in [1.29, 1.82) is 0 Å². The lowest BCUT2D eigenvalue weighted by Crippen LogP contribution is -2.28. The Bertz CT molecular complexity index is 352. The van der Waals surface area contributed by atoms with Crippen molar-refractivity contribution < 1.29 is 9.18 Å². The van der Waals surface area contributed by atoms with Gasteiger partial charge in [0.25, 0.3) is 0 Å². The van der Waals surface area contributed by atoms with Crippen LogP contribution in [-0.4, -0.2) is 12.1 Å². The van der Waals surface area contributed by atoms with Gasteiger partial charge in [-0.1, -0.05) is 30.3 Å². The van der Waals surface area contributed by atoms with Crippen molar-refractivity contribution in [2.75, 3.05) is 0 Å². The number of hydrogen-bond donors (Lipinski definition) is 1. The second-order valence-electron chi connectivity index (χ2n) is 4.00. The van der Waals surface area contributed by atoms with Crippen LogP contribution < -0.4 is 5.32 Å². The number of nitrogens with one attached hydrogen (secondary N) is 1. The highest BCUT2D eigenvalue weighted by atomic mass is 19.1. The Hall–Kier alpha value is -1.38. The van der Waals surface area contributed by atoms with Crippen molar-refractivity contribution in [3.63, 3.8) is 0 Å². The summed E-state index contributed by atoms with van der Waals surface area (Å²) in [4.78, 5) is 11.4. The van der Waals surface area contributed by atoms with E-state index in [1.54, 1.807) is 0 Å². The summed E-state index contributed by atoms with van der Waals surface area (Å²) in [6.07, 6.45) is -0.541. The zero-order valence-electron chi connectivity index (χ0n) is 8.61. The third-order valence-corrected chi connectivity index (χ3v) is 2.71. The molecule has 2 nitrogen and oxygen atoms in total. The largest absolute Gasteiger partial charge is 0.349 e. The van der Waals surface area contributed by atoms with E-state index in [1.807, 2.05) is 37.3 Å². The van der Waals surface area contributed by atoms with Crippen molar-refractivity contribution in [2.24, 2.45) is 5.92 Å². The molecule has 3 heteroatoms. The van der Waals surface area contributed by atoms with Crippen LogP contribution in [0.2, 0.25) is 0 Å². The van der Waals surface area contributed by atoms with Crippen LogP contribution in [-0.2, 0) is 4.79 Å². The summed E-state index contributed by atoms with van der Waals surface area (Å²) in [7, 11) is 0. The van der Waals surface area contributed by atoms with Gasteiger partial charge in [-0.15, -0.1) is 0 Å². The molecule has 0 saturated heterocycles. The first-order valence-electron chi connectivity index (χ1n) is 5.18. The Balaban J connectivity index is 1.92. The van der Waals surface area contributed by atoms with E-state index in [1.165, 1.54) is 0 Å². The first-order valence-corrected chi connectivity index (χ1v) is 5.18. The molecule has 1 aliphatic rings. The van der Waals surface area contributed by atoms with Gasteiger partial charge < -0.3 is 5.32 Å². The maximum Gasteiger partial charge on any atom is 0.226 e. The van der Waals surface area contributed by atoms with Gasteiger partial charge in [-0.2, -0.15) is 0 Å². The van der Waals surface area contributed by atoms with Crippen LogP contribution in [0.3, 0.4) is 0 Å². The molecular formula is C12H14FNO. The standard InChI is InChI=1S/C12H14FNO/c1-8(9-5-3-2-4-6-9)14-12(15)10-7-11(10)13/h2-6,8,10-11H,7H2,1H3,(H,14,15)/t8-,10?,11?/m1/s1. The molecule has 1 N–H and O–H groups in total. The Morgan fingerprint density at radius 1 is 1.47 bits per heavy atom. The summed E-state index contributed by atoms with van der Waals surface area (Å²) < 4.78 is 12.6. The first-order chi connectivity index (χ1) is 7.18. The molecule has 0 bridgehead atoms. The topological polar surface area (TPSA) is 29.1 Å². The zero-order valence-corrected chi connectivity index (χ0v) is 8.61. The summed E-state index contributed by atoms with van der Waals surface area (Å²) in [5.74, 6) is -0.574. The highest BCUT2D eigenvalue weighted by Gasteiger charge is 2.43. The average Bonchev–Trinajstić information content (AvgIpc) is 2.97. The smallest absolute Gasteiger partial charge is 0.226 e. The zero-order chi connectivity index (χ0) is 10.8. The van der Waals surface area contributed by atoms with Gasteiger partial charge in [-0.25, -0.2) is 4.39 Å². The highest BCUT2D eigenvalue weighted by Crippen LogP contribution is 2.34. The predicted molar refractivity (Wildman–Crippen MR) is 56.0 cm³/mol. The molecule has 0 aliphatic heterocycles. The normalized spacial score (nSPS) is 25.7. The maximum atomic E-state index is 12.6. The molecular weight excluding hydrogens is 193 g/mol. The molecule has 1 aromatic rings. The van der Waals surface area contributed by atoms with E-state index >= 15 is 0 Å². The van der Waals surface area contributed by atoms with Crippen LogP contribution in [0.25, 0.3) is 0 Å². The van der Waals surface area contributed by atoms with Gasteiger partial charge in [-0.05, 0) is 18.9 Å². The summed E-state index contributed by atoms with van der Waals surface area (Å²) in [6, 6.07) is 9.62. The predicted octanol–water partition coefficient (Wildman–Crippen LogP) is 2.22. The summed E-state index contributed by atoms with van der Waals surface area (Å²) in [6.45, 7) is 1.91. The molecule has 1 amide bonds. The van der Waals surface area contributed by atoms with E-state index in [4.69, 9.17) is 0 Å². The Morgan fingerprint density at radius 2 is 2.07 bits per heavy atom. The van der Waals surface area contributed by atoms with Crippen molar-refractivity contribution in [2.45, 2.75) is 25.6 Å². The molecule has 0 spiro atoms. The molecule has 1 aliphatic carbocycles. The molecule has 80 valence electrons. The van der Waals surface area contributed by atoms with Gasteiger partial charge in [0, 0.05) is 0 Å². The van der Waals surface area contributed by atoms with Gasteiger partial charge >= 0.3 is 0 Å². The Kier molecular flexibility index (Phi) is 2.71. The molecule has 1 saturated carbocycles. The molecule has 3 atom stereocenters. The second kappa shape index (κ2) is 4.01. The number of hydrogen-bond acceptors (Lipinski definition) is 1. The number of alkyl halides is 1. The van der Waals surface area contributed by atoms with Crippen LogP contribution >= 0.6 is 0 Å². The molecule has 2 unspecified atom stereocenters. The maximum absolute atomic E-state index is 12.6. The van der Waals surface area contributed by atoms with E-state index in [0.29, 0.717) is 6.42 Å². The van der Waals surface area contributed by atoms with E-state index in [9.17, 15) is 9.18 Å². The van der Waals surface area contributed by atoms with E-state index in [2.05, 4.69) is 5.32 Å². The van der Waals surface area contributed by atoms with Crippen LogP contribution in [0.1, 0.15) is 24.9 Å². The fourth-order valence-corrected chi connectivity index (χ4v) is 1.58. The van der Waals surface area contributed by atoms with Crippen LogP contribution in [0.5, 0.6) is 0 Å². The molecule has 1 aromatic carbocycles. The van der Waals surface area contributed by atoms with Crippen molar-refractivity contribution in [1.82, 2.24) is 5.32 Å². The summed E-state index contributed by atoms with van der Waals surface area (Å²) in [5.41, 5.74) is 1.04. The lowest BCUT2D eigenvalue weighted by Gasteiger charge is -2.13. The van der Waals surface area contributed by atoms with Crippen LogP contribution in [0.15, 0.2) is 30.3 Å². The van der Waals surface area contributed by atoms with Crippen LogP contribution in [0.4, 0.5) is 4.39 Å². The van der Waals surface area contributed by atoms with E-state index in [0.717, 1.165) is 5.56 Å². The van der Waals surface area contributed by atoms with Gasteiger partial charge in [0.05, 0.1) is 12.0 Å². The van der Waals surface area contributed by atoms with Crippen molar-refractivity contribution >= 4 is 5.91 Å². The highest BCUT2D eigenvalue weighted by molar-refractivity contribution is 5.82. The Morgan fingerprint density at radius 3 is 2.60 bits per heavy atom. The van der Waals surface area contributed by atoms with E-state index in [-0.39, 0.29) is 11.9 Å². The fraction of sp³-hybridized carbons (Fsp3) is 0.417. The number of halogens is 1. The van der Waals surface area contributed by atoms with Crippen molar-refractivity contribution in [3.05, 3.63) is 35.9 Å². The number of rotatable bonds is 3. The monoisotopic (exact) mass is 207 g/mol. The van der Waals surface area contributed by atoms with Crippen molar-refractivity contribution in [3.8, 4) is 0 Å².